The van der Waals surface area contributed by atoms with Crippen molar-refractivity contribution >= 4 is 0 Å². The van der Waals surface area contributed by atoms with E-state index in [-0.39, 0.29) is 5.60 Å². The molecule has 0 spiro atoms. The Morgan fingerprint density at radius 1 is 1.00 bits per heavy atom. The van der Waals surface area contributed by atoms with Crippen molar-refractivity contribution in [3.05, 3.63) is 0 Å². The van der Waals surface area contributed by atoms with Crippen molar-refractivity contribution in [3.8, 4) is 0 Å². The smallest absolute Gasteiger partial charge is 0.0602 e. The van der Waals surface area contributed by atoms with Crippen LogP contribution in [0.1, 0.15) is 54.4 Å². The van der Waals surface area contributed by atoms with Crippen LogP contribution in [0, 0.1) is 5.92 Å². The summed E-state index contributed by atoms with van der Waals surface area (Å²) in [4.78, 5) is 0. The summed E-state index contributed by atoms with van der Waals surface area (Å²) in [7, 11) is 0. The van der Waals surface area contributed by atoms with E-state index < -0.39 is 0 Å². The molecular formula is C11H24O. The van der Waals surface area contributed by atoms with Crippen LogP contribution in [0.3, 0.4) is 0 Å². The first kappa shape index (κ1) is 12.0. The van der Waals surface area contributed by atoms with Gasteiger partial charge in [-0.15, -0.1) is 0 Å². The van der Waals surface area contributed by atoms with Crippen LogP contribution in [-0.2, 0) is 4.74 Å². The topological polar surface area (TPSA) is 9.23 Å². The van der Waals surface area contributed by atoms with Gasteiger partial charge in [-0.1, -0.05) is 13.8 Å². The highest BCUT2D eigenvalue weighted by molar-refractivity contribution is 4.63. The van der Waals surface area contributed by atoms with Gasteiger partial charge in [-0.05, 0) is 46.5 Å². The molecule has 0 aliphatic heterocycles. The average molecular weight is 172 g/mol. The van der Waals surface area contributed by atoms with Crippen molar-refractivity contribution in [2.45, 2.75) is 66.1 Å². The molecule has 0 aromatic rings. The zero-order valence-corrected chi connectivity index (χ0v) is 9.48. The summed E-state index contributed by atoms with van der Waals surface area (Å²) >= 11 is 0. The van der Waals surface area contributed by atoms with Gasteiger partial charge in [-0.2, -0.15) is 0 Å². The fraction of sp³-hybridized carbons (Fsp3) is 1.00. The largest absolute Gasteiger partial charge is 0.373 e. The molecule has 0 heterocycles. The Hall–Kier alpha value is -0.0400. The molecular weight excluding hydrogens is 148 g/mol. The van der Waals surface area contributed by atoms with Crippen LogP contribution in [0.2, 0.25) is 0 Å². The quantitative estimate of drug-likeness (QED) is 0.629. The van der Waals surface area contributed by atoms with Crippen LogP contribution < -0.4 is 0 Å². The van der Waals surface area contributed by atoms with Crippen LogP contribution in [0.4, 0.5) is 0 Å². The normalized spacial score (nSPS) is 15.2. The second-order valence-corrected chi connectivity index (χ2v) is 5.01. The lowest BCUT2D eigenvalue weighted by Gasteiger charge is -2.25. The minimum Gasteiger partial charge on any atom is -0.373 e. The maximum atomic E-state index is 5.79. The van der Waals surface area contributed by atoms with Gasteiger partial charge in [0.2, 0.25) is 0 Å². The predicted octanol–water partition coefficient (Wildman–Crippen LogP) is 3.63. The Bertz CT molecular complexity index is 111. The van der Waals surface area contributed by atoms with Crippen LogP contribution in [0.15, 0.2) is 0 Å². The zero-order valence-electron chi connectivity index (χ0n) is 9.48. The molecule has 0 amide bonds. The van der Waals surface area contributed by atoms with Gasteiger partial charge < -0.3 is 4.74 Å². The van der Waals surface area contributed by atoms with E-state index in [2.05, 4.69) is 41.5 Å². The molecule has 1 atom stereocenters. The zero-order chi connectivity index (χ0) is 9.78. The molecule has 0 bridgehead atoms. The van der Waals surface area contributed by atoms with E-state index in [9.17, 15) is 0 Å². The van der Waals surface area contributed by atoms with E-state index in [1.54, 1.807) is 0 Å². The van der Waals surface area contributed by atoms with Crippen molar-refractivity contribution in [2.75, 3.05) is 0 Å². The Balaban J connectivity index is 3.53. The molecule has 0 radical (unpaired) electrons. The number of hydrogen-bond donors (Lipinski definition) is 0. The monoisotopic (exact) mass is 172 g/mol. The Labute approximate surface area is 77.5 Å². The van der Waals surface area contributed by atoms with Crippen molar-refractivity contribution in [2.24, 2.45) is 5.92 Å². The second-order valence-electron chi connectivity index (χ2n) is 5.01. The standard InChI is InChI=1S/C11H24O/c1-9(2)7-8-10(3)12-11(4,5)6/h9-10H,7-8H2,1-6H3. The van der Waals surface area contributed by atoms with Crippen molar-refractivity contribution < 1.29 is 4.74 Å². The molecule has 0 aliphatic rings. The summed E-state index contributed by atoms with van der Waals surface area (Å²) in [5.74, 6) is 0.788. The molecule has 12 heavy (non-hydrogen) atoms. The summed E-state index contributed by atoms with van der Waals surface area (Å²) in [5.41, 5.74) is 0.0103. The summed E-state index contributed by atoms with van der Waals surface area (Å²) in [6, 6.07) is 0. The summed E-state index contributed by atoms with van der Waals surface area (Å²) in [6.45, 7) is 13.0. The molecule has 1 nitrogen and oxygen atoms in total. The van der Waals surface area contributed by atoms with E-state index in [1.807, 2.05) is 0 Å². The molecule has 0 saturated heterocycles. The highest BCUT2D eigenvalue weighted by Gasteiger charge is 2.14. The van der Waals surface area contributed by atoms with Crippen LogP contribution in [0.5, 0.6) is 0 Å². The highest BCUT2D eigenvalue weighted by atomic mass is 16.5. The fourth-order valence-electron chi connectivity index (χ4n) is 1.23. The van der Waals surface area contributed by atoms with Gasteiger partial charge in [0.1, 0.15) is 0 Å². The first-order valence-electron chi connectivity index (χ1n) is 4.99. The second kappa shape index (κ2) is 4.86. The van der Waals surface area contributed by atoms with E-state index in [4.69, 9.17) is 4.74 Å². The average Bonchev–Trinajstić information content (AvgIpc) is 1.79. The number of hydrogen-bond acceptors (Lipinski definition) is 1. The molecule has 1 unspecified atom stereocenters. The SMILES string of the molecule is CC(C)CCC(C)OC(C)(C)C. The minimum absolute atomic E-state index is 0.0103. The summed E-state index contributed by atoms with van der Waals surface area (Å²) in [6.07, 6.45) is 2.83. The number of rotatable bonds is 4. The molecule has 0 aromatic carbocycles. The van der Waals surface area contributed by atoms with Crippen molar-refractivity contribution in [1.29, 1.82) is 0 Å². The van der Waals surface area contributed by atoms with Gasteiger partial charge in [0.25, 0.3) is 0 Å². The third-order valence-corrected chi connectivity index (χ3v) is 1.71. The van der Waals surface area contributed by atoms with Gasteiger partial charge in [0, 0.05) is 0 Å². The minimum atomic E-state index is 0.0103. The summed E-state index contributed by atoms with van der Waals surface area (Å²) in [5, 5.41) is 0. The van der Waals surface area contributed by atoms with Crippen LogP contribution in [-0.4, -0.2) is 11.7 Å². The van der Waals surface area contributed by atoms with E-state index in [1.165, 1.54) is 12.8 Å². The van der Waals surface area contributed by atoms with Crippen LogP contribution >= 0.6 is 0 Å². The molecule has 0 rings (SSSR count). The third-order valence-electron chi connectivity index (χ3n) is 1.71. The first-order chi connectivity index (χ1) is 5.31. The predicted molar refractivity (Wildman–Crippen MR) is 54.4 cm³/mol. The number of ether oxygens (including phenoxy) is 1. The van der Waals surface area contributed by atoms with Gasteiger partial charge >= 0.3 is 0 Å². The maximum Gasteiger partial charge on any atom is 0.0602 e. The van der Waals surface area contributed by atoms with Gasteiger partial charge in [-0.25, -0.2) is 0 Å². The lowest BCUT2D eigenvalue weighted by atomic mass is 10.1. The Kier molecular flexibility index (Phi) is 4.84. The van der Waals surface area contributed by atoms with Crippen molar-refractivity contribution in [3.63, 3.8) is 0 Å². The van der Waals surface area contributed by atoms with E-state index >= 15 is 0 Å². The summed E-state index contributed by atoms with van der Waals surface area (Å²) < 4.78 is 5.79. The molecule has 0 aliphatic carbocycles. The first-order valence-corrected chi connectivity index (χ1v) is 4.99. The molecule has 1 heteroatoms. The highest BCUT2D eigenvalue weighted by Crippen LogP contribution is 2.15. The molecule has 0 aromatic heterocycles. The van der Waals surface area contributed by atoms with Gasteiger partial charge in [-0.3, -0.25) is 0 Å². The lowest BCUT2D eigenvalue weighted by Crippen LogP contribution is -2.25. The van der Waals surface area contributed by atoms with Crippen molar-refractivity contribution in [1.82, 2.24) is 0 Å². The Morgan fingerprint density at radius 2 is 1.50 bits per heavy atom. The molecule has 0 saturated carbocycles. The molecule has 0 fully saturated rings. The van der Waals surface area contributed by atoms with Gasteiger partial charge in [0.15, 0.2) is 0 Å². The van der Waals surface area contributed by atoms with Gasteiger partial charge in [0.05, 0.1) is 11.7 Å². The molecule has 0 N–H and O–H groups in total. The molecule has 74 valence electrons. The van der Waals surface area contributed by atoms with E-state index in [0.29, 0.717) is 6.10 Å². The maximum absolute atomic E-state index is 5.79. The Morgan fingerprint density at radius 3 is 1.83 bits per heavy atom. The van der Waals surface area contributed by atoms with E-state index in [0.717, 1.165) is 5.92 Å². The lowest BCUT2D eigenvalue weighted by molar-refractivity contribution is -0.0558. The fourth-order valence-corrected chi connectivity index (χ4v) is 1.23. The third kappa shape index (κ3) is 8.06. The van der Waals surface area contributed by atoms with Crippen LogP contribution in [0.25, 0.3) is 0 Å².